The molecule has 78 valence electrons. The second kappa shape index (κ2) is 5.15. The molecule has 0 heterocycles. The maximum atomic E-state index is 6.14. The van der Waals surface area contributed by atoms with Crippen LogP contribution in [-0.2, 0) is 0 Å². The number of rotatable bonds is 2. The minimum atomic E-state index is 0. The van der Waals surface area contributed by atoms with Gasteiger partial charge in [0.05, 0.1) is 0 Å². The van der Waals surface area contributed by atoms with E-state index in [1.807, 2.05) is 0 Å². The average Bonchev–Trinajstić information content (AvgIpc) is 2.02. The van der Waals surface area contributed by atoms with Crippen molar-refractivity contribution in [1.82, 2.24) is 0 Å². The highest BCUT2D eigenvalue weighted by Gasteiger charge is 2.25. The quantitative estimate of drug-likeness (QED) is 0.876. The van der Waals surface area contributed by atoms with E-state index in [2.05, 4.69) is 40.2 Å². The molecule has 0 aromatic heterocycles. The molecule has 2 N–H and O–H groups in total. The molecule has 0 amide bonds. The van der Waals surface area contributed by atoms with Gasteiger partial charge in [-0.15, -0.1) is 12.4 Å². The molecule has 2 rings (SSSR count). The number of hydrogen-bond acceptors (Lipinski definition) is 1. The van der Waals surface area contributed by atoms with E-state index in [4.69, 9.17) is 5.73 Å². The van der Waals surface area contributed by atoms with E-state index in [1.165, 1.54) is 24.8 Å². The normalized spacial score (nSPS) is 18.1. The molecule has 1 saturated carbocycles. The van der Waals surface area contributed by atoms with Crippen molar-refractivity contribution in [1.29, 1.82) is 0 Å². The summed E-state index contributed by atoms with van der Waals surface area (Å²) in [6, 6.07) is 8.61. The largest absolute Gasteiger partial charge is 0.324 e. The molecule has 0 saturated heterocycles. The van der Waals surface area contributed by atoms with E-state index < -0.39 is 0 Å². The lowest BCUT2D eigenvalue weighted by molar-refractivity contribution is 0.264. The zero-order valence-electron chi connectivity index (χ0n) is 7.95. The second-order valence-corrected chi connectivity index (χ2v) is 4.68. The molecule has 14 heavy (non-hydrogen) atoms. The Kier molecular flexibility index (Phi) is 4.42. The minimum Gasteiger partial charge on any atom is -0.324 e. The van der Waals surface area contributed by atoms with E-state index in [0.29, 0.717) is 0 Å². The lowest BCUT2D eigenvalue weighted by atomic mass is 9.78. The SMILES string of the molecule is Cl.NC(c1ccc(Br)cc1)C1CCC1. The molecule has 1 fully saturated rings. The average molecular weight is 277 g/mol. The number of halogens is 2. The van der Waals surface area contributed by atoms with E-state index in [9.17, 15) is 0 Å². The molecule has 3 heteroatoms. The van der Waals surface area contributed by atoms with E-state index in [1.54, 1.807) is 0 Å². The summed E-state index contributed by atoms with van der Waals surface area (Å²) in [7, 11) is 0. The van der Waals surface area contributed by atoms with Crippen LogP contribution in [0, 0.1) is 5.92 Å². The highest BCUT2D eigenvalue weighted by molar-refractivity contribution is 9.10. The smallest absolute Gasteiger partial charge is 0.0323 e. The van der Waals surface area contributed by atoms with Crippen LogP contribution in [0.25, 0.3) is 0 Å². The van der Waals surface area contributed by atoms with Crippen LogP contribution in [0.1, 0.15) is 30.9 Å². The van der Waals surface area contributed by atoms with Crippen LogP contribution in [0.2, 0.25) is 0 Å². The van der Waals surface area contributed by atoms with Crippen molar-refractivity contribution in [3.63, 3.8) is 0 Å². The van der Waals surface area contributed by atoms with Crippen LogP contribution in [0.4, 0.5) is 0 Å². The fourth-order valence-electron chi connectivity index (χ4n) is 1.76. The molecule has 1 unspecified atom stereocenters. The molecule has 1 aromatic carbocycles. The highest BCUT2D eigenvalue weighted by Crippen LogP contribution is 2.36. The fraction of sp³-hybridized carbons (Fsp3) is 0.455. The zero-order chi connectivity index (χ0) is 9.26. The van der Waals surface area contributed by atoms with Crippen LogP contribution < -0.4 is 5.73 Å². The Morgan fingerprint density at radius 3 is 2.21 bits per heavy atom. The van der Waals surface area contributed by atoms with Crippen LogP contribution in [0.15, 0.2) is 28.7 Å². The van der Waals surface area contributed by atoms with Crippen molar-refractivity contribution in [2.24, 2.45) is 11.7 Å². The Morgan fingerprint density at radius 2 is 1.79 bits per heavy atom. The minimum absolute atomic E-state index is 0. The van der Waals surface area contributed by atoms with Gasteiger partial charge in [-0.05, 0) is 36.5 Å². The fourth-order valence-corrected chi connectivity index (χ4v) is 2.02. The summed E-state index contributed by atoms with van der Waals surface area (Å²) in [6.45, 7) is 0. The maximum Gasteiger partial charge on any atom is 0.0323 e. The van der Waals surface area contributed by atoms with Gasteiger partial charge >= 0.3 is 0 Å². The summed E-state index contributed by atoms with van der Waals surface area (Å²) in [6.07, 6.45) is 3.96. The van der Waals surface area contributed by atoms with E-state index in [-0.39, 0.29) is 18.4 Å². The molecule has 1 aliphatic carbocycles. The highest BCUT2D eigenvalue weighted by atomic mass is 79.9. The Balaban J connectivity index is 0.000000980. The summed E-state index contributed by atoms with van der Waals surface area (Å²) < 4.78 is 1.12. The van der Waals surface area contributed by atoms with E-state index >= 15 is 0 Å². The van der Waals surface area contributed by atoms with Crippen molar-refractivity contribution in [2.75, 3.05) is 0 Å². The third-order valence-corrected chi connectivity index (χ3v) is 3.44. The topological polar surface area (TPSA) is 26.0 Å². The summed E-state index contributed by atoms with van der Waals surface area (Å²) in [5.41, 5.74) is 7.41. The molecule has 1 aliphatic rings. The van der Waals surface area contributed by atoms with Crippen molar-refractivity contribution >= 4 is 28.3 Å². The summed E-state index contributed by atoms with van der Waals surface area (Å²) >= 11 is 3.42. The van der Waals surface area contributed by atoms with E-state index in [0.717, 1.165) is 10.4 Å². The first kappa shape index (κ1) is 12.0. The molecule has 1 aromatic rings. The van der Waals surface area contributed by atoms with Gasteiger partial charge in [0.1, 0.15) is 0 Å². The standard InChI is InChI=1S/C11H14BrN.ClH/c12-10-6-4-9(5-7-10)11(13)8-2-1-3-8;/h4-8,11H,1-3,13H2;1H. The lowest BCUT2D eigenvalue weighted by Crippen LogP contribution is -2.26. The molecule has 0 bridgehead atoms. The Morgan fingerprint density at radius 1 is 1.21 bits per heavy atom. The van der Waals surface area contributed by atoms with Gasteiger partial charge in [-0.2, -0.15) is 0 Å². The molecule has 0 radical (unpaired) electrons. The van der Waals surface area contributed by atoms with Crippen LogP contribution >= 0.6 is 28.3 Å². The molecular weight excluding hydrogens is 261 g/mol. The van der Waals surface area contributed by atoms with Crippen LogP contribution in [0.5, 0.6) is 0 Å². The lowest BCUT2D eigenvalue weighted by Gasteiger charge is -2.31. The van der Waals surface area contributed by atoms with Crippen molar-refractivity contribution in [3.8, 4) is 0 Å². The monoisotopic (exact) mass is 275 g/mol. The molecule has 0 spiro atoms. The van der Waals surface area contributed by atoms with Gasteiger partial charge in [0.15, 0.2) is 0 Å². The third kappa shape index (κ3) is 2.50. The van der Waals surface area contributed by atoms with Crippen molar-refractivity contribution in [3.05, 3.63) is 34.3 Å². The first-order chi connectivity index (χ1) is 6.27. The number of nitrogens with two attached hydrogens (primary N) is 1. The first-order valence-electron chi connectivity index (χ1n) is 4.78. The zero-order valence-corrected chi connectivity index (χ0v) is 10.4. The van der Waals surface area contributed by atoms with Crippen molar-refractivity contribution < 1.29 is 0 Å². The number of hydrogen-bond donors (Lipinski definition) is 1. The predicted octanol–water partition coefficient (Wildman–Crippen LogP) is 3.67. The summed E-state index contributed by atoms with van der Waals surface area (Å²) in [4.78, 5) is 0. The van der Waals surface area contributed by atoms with Gasteiger partial charge in [0, 0.05) is 10.5 Å². The van der Waals surface area contributed by atoms with Gasteiger partial charge in [-0.1, -0.05) is 34.5 Å². The van der Waals surface area contributed by atoms with Gasteiger partial charge < -0.3 is 5.73 Å². The molecule has 0 aliphatic heterocycles. The number of benzene rings is 1. The predicted molar refractivity (Wildman–Crippen MR) is 65.7 cm³/mol. The van der Waals surface area contributed by atoms with Gasteiger partial charge in [0.25, 0.3) is 0 Å². The van der Waals surface area contributed by atoms with Gasteiger partial charge in [0.2, 0.25) is 0 Å². The second-order valence-electron chi connectivity index (χ2n) is 3.77. The summed E-state index contributed by atoms with van der Waals surface area (Å²) in [5, 5.41) is 0. The Labute approximate surface area is 99.6 Å². The Bertz CT molecular complexity index is 282. The molecular formula is C11H15BrClN. The van der Waals surface area contributed by atoms with Crippen LogP contribution in [-0.4, -0.2) is 0 Å². The van der Waals surface area contributed by atoms with Gasteiger partial charge in [-0.25, -0.2) is 0 Å². The molecule has 1 nitrogen and oxygen atoms in total. The summed E-state index contributed by atoms with van der Waals surface area (Å²) in [5.74, 6) is 0.723. The maximum absolute atomic E-state index is 6.14. The first-order valence-corrected chi connectivity index (χ1v) is 5.58. The van der Waals surface area contributed by atoms with Crippen molar-refractivity contribution in [2.45, 2.75) is 25.3 Å². The van der Waals surface area contributed by atoms with Gasteiger partial charge in [-0.3, -0.25) is 0 Å². The molecule has 1 atom stereocenters. The third-order valence-electron chi connectivity index (χ3n) is 2.91. The Hall–Kier alpha value is -0.0500. The van der Waals surface area contributed by atoms with Crippen LogP contribution in [0.3, 0.4) is 0 Å².